The Hall–Kier alpha value is -3.00. The van der Waals surface area contributed by atoms with Gasteiger partial charge in [0.25, 0.3) is 0 Å². The summed E-state index contributed by atoms with van der Waals surface area (Å²) < 4.78 is 10.6. The molecule has 1 fully saturated rings. The van der Waals surface area contributed by atoms with E-state index in [1.807, 2.05) is 0 Å². The number of ether oxygens (including phenoxy) is 2. The predicted molar refractivity (Wildman–Crippen MR) is 114 cm³/mol. The molecule has 1 aromatic carbocycles. The van der Waals surface area contributed by atoms with Crippen LogP contribution in [0.2, 0.25) is 0 Å². The average Bonchev–Trinajstić information content (AvgIpc) is 2.73. The van der Waals surface area contributed by atoms with Crippen LogP contribution in [-0.2, 0) is 9.47 Å². The lowest BCUT2D eigenvalue weighted by atomic mass is 9.96. The summed E-state index contributed by atoms with van der Waals surface area (Å²) in [6, 6.07) is 8.32. The molecule has 1 N–H and O–H groups in total. The van der Waals surface area contributed by atoms with Crippen molar-refractivity contribution in [3.63, 3.8) is 0 Å². The minimum atomic E-state index is -0.506. The molecule has 8 nitrogen and oxygen atoms in total. The van der Waals surface area contributed by atoms with Crippen molar-refractivity contribution in [1.82, 2.24) is 4.98 Å². The monoisotopic (exact) mass is 413 g/mol. The highest BCUT2D eigenvalue weighted by Gasteiger charge is 2.27. The number of nitrogens with one attached hydrogen (secondary N) is 1. The van der Waals surface area contributed by atoms with Crippen molar-refractivity contribution < 1.29 is 19.2 Å². The van der Waals surface area contributed by atoms with E-state index >= 15 is 0 Å². The number of hydrogen-bond donors (Lipinski definition) is 1. The highest BCUT2D eigenvalue weighted by molar-refractivity contribution is 5.97. The number of methoxy groups -OCH3 is 1. The summed E-state index contributed by atoms with van der Waals surface area (Å²) in [5.41, 5.74) is 1.23. The van der Waals surface area contributed by atoms with Crippen LogP contribution in [0.4, 0.5) is 11.5 Å². The van der Waals surface area contributed by atoms with E-state index < -0.39 is 10.9 Å². The van der Waals surface area contributed by atoms with Crippen LogP contribution < -0.4 is 5.32 Å². The lowest BCUT2D eigenvalue weighted by Crippen LogP contribution is -2.35. The molecule has 30 heavy (non-hydrogen) atoms. The summed E-state index contributed by atoms with van der Waals surface area (Å²) in [6.45, 7) is 4.92. The van der Waals surface area contributed by atoms with Crippen molar-refractivity contribution in [2.75, 3.05) is 19.0 Å². The van der Waals surface area contributed by atoms with Crippen LogP contribution in [0.1, 0.15) is 43.5 Å². The second-order valence-electron chi connectivity index (χ2n) is 7.87. The van der Waals surface area contributed by atoms with Gasteiger partial charge in [-0.2, -0.15) is 0 Å². The van der Waals surface area contributed by atoms with Crippen LogP contribution in [0, 0.1) is 16.0 Å². The zero-order chi connectivity index (χ0) is 21.7. The van der Waals surface area contributed by atoms with Crippen LogP contribution in [0.5, 0.6) is 0 Å². The first-order valence-electron chi connectivity index (χ1n) is 10.1. The molecule has 3 rings (SSSR count). The van der Waals surface area contributed by atoms with Gasteiger partial charge in [0.05, 0.1) is 23.7 Å². The molecule has 0 amide bonds. The molecular weight excluding hydrogens is 386 g/mol. The number of rotatable bonds is 7. The Bertz CT molecular complexity index is 915. The summed E-state index contributed by atoms with van der Waals surface area (Å²) in [5.74, 6) is 0.249. The van der Waals surface area contributed by atoms with E-state index in [-0.39, 0.29) is 23.7 Å². The van der Waals surface area contributed by atoms with Gasteiger partial charge in [-0.05, 0) is 36.8 Å². The quantitative estimate of drug-likeness (QED) is 0.406. The van der Waals surface area contributed by atoms with E-state index in [2.05, 4.69) is 24.1 Å². The van der Waals surface area contributed by atoms with Crippen molar-refractivity contribution >= 4 is 17.5 Å². The highest BCUT2D eigenvalue weighted by atomic mass is 16.6. The zero-order valence-electron chi connectivity index (χ0n) is 17.5. The van der Waals surface area contributed by atoms with Gasteiger partial charge in [-0.15, -0.1) is 0 Å². The van der Waals surface area contributed by atoms with Gasteiger partial charge in [0.15, 0.2) is 0 Å². The molecule has 1 aliphatic heterocycles. The zero-order valence-corrected chi connectivity index (χ0v) is 17.5. The van der Waals surface area contributed by atoms with Gasteiger partial charge >= 0.3 is 11.7 Å². The largest absolute Gasteiger partial charge is 0.465 e. The molecule has 1 aliphatic rings. The molecule has 160 valence electrons. The molecule has 0 radical (unpaired) electrons. The second kappa shape index (κ2) is 9.67. The SMILES string of the molecule is COC(=O)c1ccccc1-c1cnc(NC2CCOC(CC(C)C)C2)c([N+](=O)[O-])c1. The Morgan fingerprint density at radius 3 is 2.87 bits per heavy atom. The number of esters is 1. The van der Waals surface area contributed by atoms with Gasteiger partial charge in [0, 0.05) is 30.5 Å². The number of carbonyl (C=O) groups is 1. The van der Waals surface area contributed by atoms with Gasteiger partial charge < -0.3 is 14.8 Å². The summed E-state index contributed by atoms with van der Waals surface area (Å²) in [7, 11) is 1.30. The number of pyridine rings is 1. The first-order valence-corrected chi connectivity index (χ1v) is 10.1. The summed E-state index contributed by atoms with van der Waals surface area (Å²) in [5, 5.41) is 15.0. The average molecular weight is 413 g/mol. The van der Waals surface area contributed by atoms with Crippen LogP contribution in [0.3, 0.4) is 0 Å². The topological polar surface area (TPSA) is 104 Å². The van der Waals surface area contributed by atoms with Crippen molar-refractivity contribution in [3.8, 4) is 11.1 Å². The summed E-state index contributed by atoms with van der Waals surface area (Å²) in [4.78, 5) is 27.7. The maximum absolute atomic E-state index is 12.1. The van der Waals surface area contributed by atoms with Crippen molar-refractivity contribution in [2.45, 2.75) is 45.3 Å². The lowest BCUT2D eigenvalue weighted by molar-refractivity contribution is -0.384. The number of benzene rings is 1. The van der Waals surface area contributed by atoms with Gasteiger partial charge in [0.2, 0.25) is 5.82 Å². The van der Waals surface area contributed by atoms with Crippen LogP contribution in [0.25, 0.3) is 11.1 Å². The van der Waals surface area contributed by atoms with E-state index in [1.54, 1.807) is 30.5 Å². The smallest absolute Gasteiger partial charge is 0.338 e. The Morgan fingerprint density at radius 1 is 1.40 bits per heavy atom. The van der Waals surface area contributed by atoms with Crippen LogP contribution in [0.15, 0.2) is 36.5 Å². The molecule has 2 atom stereocenters. The van der Waals surface area contributed by atoms with E-state index in [0.29, 0.717) is 29.2 Å². The second-order valence-corrected chi connectivity index (χ2v) is 7.87. The maximum atomic E-state index is 12.1. The molecule has 0 bridgehead atoms. The Kier molecular flexibility index (Phi) is 6.99. The minimum Gasteiger partial charge on any atom is -0.465 e. The molecule has 2 unspecified atom stereocenters. The minimum absolute atomic E-state index is 0.0573. The third kappa shape index (κ3) is 5.13. The molecule has 1 aromatic heterocycles. The van der Waals surface area contributed by atoms with Crippen LogP contribution >= 0.6 is 0 Å². The molecule has 0 saturated carbocycles. The van der Waals surface area contributed by atoms with E-state index in [0.717, 1.165) is 19.3 Å². The molecule has 0 aliphatic carbocycles. The van der Waals surface area contributed by atoms with Gasteiger partial charge in [-0.1, -0.05) is 32.0 Å². The third-order valence-electron chi connectivity index (χ3n) is 5.15. The number of aromatic nitrogens is 1. The van der Waals surface area contributed by atoms with E-state index in [4.69, 9.17) is 9.47 Å². The molecule has 2 heterocycles. The Morgan fingerprint density at radius 2 is 2.17 bits per heavy atom. The fourth-order valence-corrected chi connectivity index (χ4v) is 3.77. The summed E-state index contributed by atoms with van der Waals surface area (Å²) >= 11 is 0. The third-order valence-corrected chi connectivity index (χ3v) is 5.15. The Labute approximate surface area is 175 Å². The van der Waals surface area contributed by atoms with Gasteiger partial charge in [0.1, 0.15) is 0 Å². The molecule has 1 saturated heterocycles. The fourth-order valence-electron chi connectivity index (χ4n) is 3.77. The Balaban J connectivity index is 1.87. The van der Waals surface area contributed by atoms with Crippen molar-refractivity contribution in [2.24, 2.45) is 5.92 Å². The van der Waals surface area contributed by atoms with E-state index in [1.165, 1.54) is 13.2 Å². The normalized spacial score (nSPS) is 18.8. The first kappa shape index (κ1) is 21.7. The number of nitro groups is 1. The van der Waals surface area contributed by atoms with Gasteiger partial charge in [-0.3, -0.25) is 10.1 Å². The highest BCUT2D eigenvalue weighted by Crippen LogP contribution is 2.32. The molecular formula is C22H27N3O5. The number of nitrogens with zero attached hydrogens (tertiary/aromatic N) is 2. The molecule has 0 spiro atoms. The van der Waals surface area contributed by atoms with Crippen molar-refractivity contribution in [3.05, 3.63) is 52.2 Å². The van der Waals surface area contributed by atoms with Gasteiger partial charge in [-0.25, -0.2) is 9.78 Å². The van der Waals surface area contributed by atoms with Crippen molar-refractivity contribution in [1.29, 1.82) is 0 Å². The van der Waals surface area contributed by atoms with Crippen LogP contribution in [-0.4, -0.2) is 41.7 Å². The van der Waals surface area contributed by atoms with E-state index in [9.17, 15) is 14.9 Å². The molecule has 2 aromatic rings. The standard InChI is InChI=1S/C22H27N3O5/c1-14(2)10-17-12-16(8-9-30-17)24-21-20(25(27)28)11-15(13-23-21)18-6-4-5-7-19(18)22(26)29-3/h4-7,11,13-14,16-17H,8-10,12H2,1-3H3,(H,23,24). The first-order chi connectivity index (χ1) is 14.4. The number of anilines is 1. The predicted octanol–water partition coefficient (Wildman–Crippen LogP) is 4.45. The number of carbonyl (C=O) groups excluding carboxylic acids is 1. The fraction of sp³-hybridized carbons (Fsp3) is 0.455. The maximum Gasteiger partial charge on any atom is 0.338 e. The number of hydrogen-bond acceptors (Lipinski definition) is 7. The summed E-state index contributed by atoms with van der Waals surface area (Å²) in [6.07, 6.45) is 4.19. The lowest BCUT2D eigenvalue weighted by Gasteiger charge is -2.31. The molecule has 8 heteroatoms.